The Morgan fingerprint density at radius 3 is 2.11 bits per heavy atom. The van der Waals surface area contributed by atoms with Crippen molar-refractivity contribution >= 4 is 0 Å². The first-order valence-electron chi connectivity index (χ1n) is 8.31. The maximum absolute atomic E-state index is 5.84. The molecule has 0 unspecified atom stereocenters. The largest absolute Gasteiger partial charge is 0.372 e. The van der Waals surface area contributed by atoms with E-state index in [4.69, 9.17) is 4.74 Å². The van der Waals surface area contributed by atoms with Crippen LogP contribution in [0.5, 0.6) is 0 Å². The van der Waals surface area contributed by atoms with Gasteiger partial charge in [0.15, 0.2) is 0 Å². The van der Waals surface area contributed by atoms with Gasteiger partial charge in [0.05, 0.1) is 12.2 Å². The van der Waals surface area contributed by atoms with Gasteiger partial charge in [0.2, 0.25) is 0 Å². The zero-order valence-electron chi connectivity index (χ0n) is 13.9. The molecule has 114 valence electrons. The third kappa shape index (κ3) is 4.17. The quantitative estimate of drug-likeness (QED) is 0.767. The molecule has 1 saturated carbocycles. The van der Waals surface area contributed by atoms with E-state index in [9.17, 15) is 0 Å². The lowest BCUT2D eigenvalue weighted by Crippen LogP contribution is -2.64. The van der Waals surface area contributed by atoms with Crippen LogP contribution >= 0.6 is 0 Å². The van der Waals surface area contributed by atoms with E-state index < -0.39 is 0 Å². The molecule has 0 bridgehead atoms. The highest BCUT2D eigenvalue weighted by molar-refractivity contribution is 5.03. The summed E-state index contributed by atoms with van der Waals surface area (Å²) in [6.45, 7) is 18.4. The summed E-state index contributed by atoms with van der Waals surface area (Å²) in [6.07, 6.45) is 2.59. The molecule has 1 spiro atoms. The standard InChI is InChI=1S/C12H22N2O.2C2H6/c1-10(2)14-7-11(8-14)13-5-6-15-12(9-13)3-4-12;2*1-2/h10-11H,3-9H2,1-2H3;2*1-2H3. The fraction of sp³-hybridized carbons (Fsp3) is 1.00. The average molecular weight is 270 g/mol. The molecule has 3 nitrogen and oxygen atoms in total. The number of nitrogens with zero attached hydrogens (tertiary/aromatic N) is 2. The molecule has 0 amide bonds. The normalized spacial score (nSPS) is 26.1. The van der Waals surface area contributed by atoms with Crippen LogP contribution in [-0.4, -0.2) is 60.3 Å². The molecule has 19 heavy (non-hydrogen) atoms. The monoisotopic (exact) mass is 270 g/mol. The van der Waals surface area contributed by atoms with Crippen molar-refractivity contribution in [2.45, 2.75) is 72.1 Å². The molecule has 0 N–H and O–H groups in total. The summed E-state index contributed by atoms with van der Waals surface area (Å²) in [6, 6.07) is 1.53. The molecule has 2 heterocycles. The minimum absolute atomic E-state index is 0.302. The summed E-state index contributed by atoms with van der Waals surface area (Å²) in [5.41, 5.74) is 0.302. The Morgan fingerprint density at radius 1 is 1.05 bits per heavy atom. The van der Waals surface area contributed by atoms with Crippen LogP contribution in [0.15, 0.2) is 0 Å². The molecule has 3 heteroatoms. The lowest BCUT2D eigenvalue weighted by Gasteiger charge is -2.49. The van der Waals surface area contributed by atoms with Crippen molar-refractivity contribution in [3.63, 3.8) is 0 Å². The predicted molar refractivity (Wildman–Crippen MR) is 82.7 cm³/mol. The smallest absolute Gasteiger partial charge is 0.0811 e. The van der Waals surface area contributed by atoms with Gasteiger partial charge in [0, 0.05) is 38.3 Å². The van der Waals surface area contributed by atoms with Gasteiger partial charge in [-0.2, -0.15) is 0 Å². The van der Waals surface area contributed by atoms with E-state index in [-0.39, 0.29) is 0 Å². The summed E-state index contributed by atoms with van der Waals surface area (Å²) in [7, 11) is 0. The molecule has 3 fully saturated rings. The van der Waals surface area contributed by atoms with E-state index >= 15 is 0 Å². The topological polar surface area (TPSA) is 15.7 Å². The van der Waals surface area contributed by atoms with Gasteiger partial charge >= 0.3 is 0 Å². The number of hydrogen-bond donors (Lipinski definition) is 0. The van der Waals surface area contributed by atoms with Crippen molar-refractivity contribution < 1.29 is 4.74 Å². The van der Waals surface area contributed by atoms with E-state index in [1.54, 1.807) is 0 Å². The highest BCUT2D eigenvalue weighted by Gasteiger charge is 2.49. The van der Waals surface area contributed by atoms with E-state index in [2.05, 4.69) is 23.6 Å². The van der Waals surface area contributed by atoms with Crippen LogP contribution in [0.4, 0.5) is 0 Å². The molecule has 0 radical (unpaired) electrons. The van der Waals surface area contributed by atoms with Gasteiger partial charge in [-0.1, -0.05) is 27.7 Å². The summed E-state index contributed by atoms with van der Waals surface area (Å²) in [5, 5.41) is 0. The van der Waals surface area contributed by atoms with Gasteiger partial charge in [-0.05, 0) is 26.7 Å². The molecular formula is C16H34N2O. The molecular weight excluding hydrogens is 236 g/mol. The highest BCUT2D eigenvalue weighted by Crippen LogP contribution is 2.42. The zero-order chi connectivity index (χ0) is 14.5. The van der Waals surface area contributed by atoms with Crippen LogP contribution in [0, 0.1) is 0 Å². The molecule has 3 rings (SSSR count). The third-order valence-corrected chi connectivity index (χ3v) is 4.22. The van der Waals surface area contributed by atoms with E-state index in [0.29, 0.717) is 5.60 Å². The van der Waals surface area contributed by atoms with Crippen LogP contribution in [0.25, 0.3) is 0 Å². The molecule has 0 aromatic rings. The number of ether oxygens (including phenoxy) is 1. The number of hydrogen-bond acceptors (Lipinski definition) is 3. The minimum Gasteiger partial charge on any atom is -0.372 e. The van der Waals surface area contributed by atoms with Gasteiger partial charge in [0.1, 0.15) is 0 Å². The maximum Gasteiger partial charge on any atom is 0.0811 e. The molecule has 2 aliphatic heterocycles. The summed E-state index contributed by atoms with van der Waals surface area (Å²) in [5.74, 6) is 0. The second-order valence-corrected chi connectivity index (χ2v) is 5.70. The lowest BCUT2D eigenvalue weighted by molar-refractivity contribution is -0.0890. The molecule has 2 saturated heterocycles. The number of likely N-dealkylation sites (tertiary alicyclic amines) is 1. The Bertz CT molecular complexity index is 245. The second-order valence-electron chi connectivity index (χ2n) is 5.70. The van der Waals surface area contributed by atoms with Crippen molar-refractivity contribution in [3.8, 4) is 0 Å². The maximum atomic E-state index is 5.84. The average Bonchev–Trinajstić information content (AvgIpc) is 3.11. The minimum atomic E-state index is 0.302. The second kappa shape index (κ2) is 7.61. The molecule has 0 aromatic heterocycles. The highest BCUT2D eigenvalue weighted by atomic mass is 16.5. The van der Waals surface area contributed by atoms with E-state index in [1.807, 2.05) is 27.7 Å². The van der Waals surface area contributed by atoms with E-state index in [0.717, 1.165) is 25.2 Å². The Kier molecular flexibility index (Phi) is 6.78. The number of rotatable bonds is 2. The van der Waals surface area contributed by atoms with Gasteiger partial charge in [-0.25, -0.2) is 0 Å². The first-order chi connectivity index (χ1) is 9.19. The van der Waals surface area contributed by atoms with Crippen molar-refractivity contribution in [1.29, 1.82) is 0 Å². The molecule has 3 aliphatic rings. The van der Waals surface area contributed by atoms with Crippen LogP contribution in [0.2, 0.25) is 0 Å². The molecule has 0 atom stereocenters. The Labute approximate surface area is 120 Å². The van der Waals surface area contributed by atoms with Crippen LogP contribution in [0.3, 0.4) is 0 Å². The Hall–Kier alpha value is -0.120. The Balaban J connectivity index is 0.000000415. The lowest BCUT2D eigenvalue weighted by atomic mass is 10.0. The number of morpholine rings is 1. The van der Waals surface area contributed by atoms with Crippen molar-refractivity contribution in [1.82, 2.24) is 9.80 Å². The van der Waals surface area contributed by atoms with Crippen molar-refractivity contribution in [2.24, 2.45) is 0 Å². The third-order valence-electron chi connectivity index (χ3n) is 4.22. The van der Waals surface area contributed by atoms with Crippen LogP contribution in [-0.2, 0) is 4.74 Å². The van der Waals surface area contributed by atoms with E-state index in [1.165, 1.54) is 32.5 Å². The van der Waals surface area contributed by atoms with Crippen molar-refractivity contribution in [2.75, 3.05) is 32.8 Å². The fourth-order valence-electron chi connectivity index (χ4n) is 2.77. The first-order valence-corrected chi connectivity index (χ1v) is 8.31. The SMILES string of the molecule is CC.CC.CC(C)N1CC(N2CCOC3(CC3)C2)C1. The van der Waals surface area contributed by atoms with Gasteiger partial charge in [-0.15, -0.1) is 0 Å². The molecule has 0 aromatic carbocycles. The summed E-state index contributed by atoms with van der Waals surface area (Å²) in [4.78, 5) is 5.22. The predicted octanol–water partition coefficient (Wildman–Crippen LogP) is 3.00. The molecule has 1 aliphatic carbocycles. The van der Waals surface area contributed by atoms with Gasteiger partial charge < -0.3 is 4.74 Å². The van der Waals surface area contributed by atoms with Gasteiger partial charge in [-0.3, -0.25) is 9.80 Å². The fourth-order valence-corrected chi connectivity index (χ4v) is 2.77. The summed E-state index contributed by atoms with van der Waals surface area (Å²) < 4.78 is 5.84. The van der Waals surface area contributed by atoms with Crippen LogP contribution < -0.4 is 0 Å². The first kappa shape index (κ1) is 16.9. The van der Waals surface area contributed by atoms with Crippen molar-refractivity contribution in [3.05, 3.63) is 0 Å². The Morgan fingerprint density at radius 2 is 1.63 bits per heavy atom. The van der Waals surface area contributed by atoms with Gasteiger partial charge in [0.25, 0.3) is 0 Å². The summed E-state index contributed by atoms with van der Waals surface area (Å²) >= 11 is 0. The van der Waals surface area contributed by atoms with Crippen LogP contribution in [0.1, 0.15) is 54.4 Å². The zero-order valence-corrected chi connectivity index (χ0v) is 13.9.